The van der Waals surface area contributed by atoms with Crippen molar-refractivity contribution in [3.05, 3.63) is 35.1 Å². The number of primary amides is 1. The molecule has 1 aromatic rings. The van der Waals surface area contributed by atoms with Gasteiger partial charge in [0.15, 0.2) is 0 Å². The van der Waals surface area contributed by atoms with Crippen LogP contribution < -0.4 is 11.1 Å². The van der Waals surface area contributed by atoms with Gasteiger partial charge < -0.3 is 11.1 Å². The monoisotopic (exact) mass is 234 g/mol. The van der Waals surface area contributed by atoms with E-state index in [4.69, 9.17) is 12.2 Å². The number of terminal acetylenes is 1. The Bertz CT molecular complexity index is 451. The number of rotatable bonds is 5. The Morgan fingerprint density at radius 2 is 2.35 bits per heavy atom. The fourth-order valence-corrected chi connectivity index (χ4v) is 1.40. The minimum Gasteiger partial charge on any atom is -0.366 e. The van der Waals surface area contributed by atoms with E-state index in [1.54, 1.807) is 0 Å². The molecule has 1 aromatic carbocycles. The van der Waals surface area contributed by atoms with Crippen LogP contribution in [-0.2, 0) is 6.54 Å². The van der Waals surface area contributed by atoms with Crippen LogP contribution in [0.4, 0.5) is 4.39 Å². The van der Waals surface area contributed by atoms with Crippen LogP contribution in [0.3, 0.4) is 0 Å². The summed E-state index contributed by atoms with van der Waals surface area (Å²) < 4.78 is 13.4. The average molecular weight is 234 g/mol. The first-order valence-corrected chi connectivity index (χ1v) is 5.29. The number of amides is 1. The van der Waals surface area contributed by atoms with Crippen molar-refractivity contribution in [1.82, 2.24) is 5.32 Å². The van der Waals surface area contributed by atoms with E-state index in [-0.39, 0.29) is 11.9 Å². The number of hydrogen-bond acceptors (Lipinski definition) is 2. The second kappa shape index (κ2) is 6.02. The molecule has 0 aliphatic heterocycles. The van der Waals surface area contributed by atoms with Crippen molar-refractivity contribution in [2.75, 3.05) is 0 Å². The Hall–Kier alpha value is -1.86. The number of carbonyl (C=O) groups excluding carboxylic acids is 1. The second-order valence-corrected chi connectivity index (χ2v) is 3.86. The largest absolute Gasteiger partial charge is 0.366 e. The first-order chi connectivity index (χ1) is 8.04. The lowest BCUT2D eigenvalue weighted by Gasteiger charge is -2.11. The van der Waals surface area contributed by atoms with E-state index >= 15 is 0 Å². The second-order valence-electron chi connectivity index (χ2n) is 3.86. The van der Waals surface area contributed by atoms with Crippen molar-refractivity contribution < 1.29 is 9.18 Å². The highest BCUT2D eigenvalue weighted by molar-refractivity contribution is 5.92. The van der Waals surface area contributed by atoms with E-state index in [1.165, 1.54) is 18.2 Å². The minimum absolute atomic E-state index is 0.0941. The van der Waals surface area contributed by atoms with E-state index in [0.717, 1.165) is 0 Å². The SMILES string of the molecule is C#CCC(C)NCc1cc(C(N)=O)ccc1F. The lowest BCUT2D eigenvalue weighted by molar-refractivity contribution is 0.1000. The maximum absolute atomic E-state index is 13.4. The number of nitrogens with one attached hydrogen (secondary N) is 1. The van der Waals surface area contributed by atoms with Crippen LogP contribution in [0.5, 0.6) is 0 Å². The first kappa shape index (κ1) is 13.2. The molecule has 3 nitrogen and oxygen atoms in total. The molecule has 0 aliphatic rings. The highest BCUT2D eigenvalue weighted by Gasteiger charge is 2.08. The van der Waals surface area contributed by atoms with Crippen LogP contribution in [0.2, 0.25) is 0 Å². The highest BCUT2D eigenvalue weighted by Crippen LogP contribution is 2.10. The summed E-state index contributed by atoms with van der Waals surface area (Å²) in [5, 5.41) is 3.07. The van der Waals surface area contributed by atoms with Crippen LogP contribution >= 0.6 is 0 Å². The third-order valence-corrected chi connectivity index (χ3v) is 2.40. The lowest BCUT2D eigenvalue weighted by atomic mass is 10.1. The fourth-order valence-electron chi connectivity index (χ4n) is 1.40. The van der Waals surface area contributed by atoms with Crippen molar-refractivity contribution in [3.63, 3.8) is 0 Å². The summed E-state index contributed by atoms with van der Waals surface area (Å²) in [7, 11) is 0. The summed E-state index contributed by atoms with van der Waals surface area (Å²) in [4.78, 5) is 11.0. The zero-order valence-corrected chi connectivity index (χ0v) is 9.66. The van der Waals surface area contributed by atoms with Crippen LogP contribution in [-0.4, -0.2) is 11.9 Å². The number of nitrogens with two attached hydrogens (primary N) is 1. The third-order valence-electron chi connectivity index (χ3n) is 2.40. The van der Waals surface area contributed by atoms with Gasteiger partial charge in [-0.1, -0.05) is 0 Å². The van der Waals surface area contributed by atoms with Gasteiger partial charge in [-0.2, -0.15) is 0 Å². The molecular formula is C13H15FN2O. The van der Waals surface area contributed by atoms with E-state index in [1.807, 2.05) is 6.92 Å². The first-order valence-electron chi connectivity index (χ1n) is 5.29. The zero-order chi connectivity index (χ0) is 12.8. The van der Waals surface area contributed by atoms with Crippen molar-refractivity contribution in [1.29, 1.82) is 0 Å². The molecule has 3 N–H and O–H groups in total. The topological polar surface area (TPSA) is 55.1 Å². The molecule has 0 fully saturated rings. The van der Waals surface area contributed by atoms with Gasteiger partial charge in [-0.3, -0.25) is 4.79 Å². The Morgan fingerprint density at radius 3 is 2.94 bits per heavy atom. The average Bonchev–Trinajstić information content (AvgIpc) is 2.28. The quantitative estimate of drug-likeness (QED) is 0.757. The number of halogens is 1. The Kier molecular flexibility index (Phi) is 4.68. The minimum atomic E-state index is -0.567. The van der Waals surface area contributed by atoms with Gasteiger partial charge in [-0.15, -0.1) is 12.3 Å². The van der Waals surface area contributed by atoms with Crippen LogP contribution in [0, 0.1) is 18.2 Å². The molecule has 0 saturated carbocycles. The van der Waals surface area contributed by atoms with Gasteiger partial charge in [0.05, 0.1) is 0 Å². The predicted molar refractivity (Wildman–Crippen MR) is 64.7 cm³/mol. The molecule has 4 heteroatoms. The maximum atomic E-state index is 13.4. The van der Waals surface area contributed by atoms with E-state index < -0.39 is 5.91 Å². The normalized spacial score (nSPS) is 11.8. The molecule has 1 unspecified atom stereocenters. The molecule has 1 rings (SSSR count). The Morgan fingerprint density at radius 1 is 1.65 bits per heavy atom. The molecule has 0 bridgehead atoms. The van der Waals surface area contributed by atoms with Gasteiger partial charge in [0.25, 0.3) is 0 Å². The van der Waals surface area contributed by atoms with Crippen LogP contribution in [0.15, 0.2) is 18.2 Å². The van der Waals surface area contributed by atoms with Crippen molar-refractivity contribution >= 4 is 5.91 Å². The van der Waals surface area contributed by atoms with Gasteiger partial charge >= 0.3 is 0 Å². The summed E-state index contributed by atoms with van der Waals surface area (Å²) in [6.07, 6.45) is 5.73. The molecule has 0 aliphatic carbocycles. The van der Waals surface area contributed by atoms with E-state index in [9.17, 15) is 9.18 Å². The summed E-state index contributed by atoms with van der Waals surface area (Å²) in [5.74, 6) is 1.59. The molecule has 90 valence electrons. The summed E-state index contributed by atoms with van der Waals surface area (Å²) in [6.45, 7) is 2.23. The Labute approximate surface area is 100 Å². The molecule has 1 atom stereocenters. The molecule has 0 spiro atoms. The van der Waals surface area contributed by atoms with Gasteiger partial charge in [0.2, 0.25) is 5.91 Å². The van der Waals surface area contributed by atoms with Crippen LogP contribution in [0.1, 0.15) is 29.3 Å². The molecule has 17 heavy (non-hydrogen) atoms. The van der Waals surface area contributed by atoms with Crippen LogP contribution in [0.25, 0.3) is 0 Å². The van der Waals surface area contributed by atoms with Gasteiger partial charge in [-0.25, -0.2) is 4.39 Å². The maximum Gasteiger partial charge on any atom is 0.248 e. The molecule has 0 heterocycles. The molecule has 0 aromatic heterocycles. The van der Waals surface area contributed by atoms with Crippen molar-refractivity contribution in [3.8, 4) is 12.3 Å². The molecular weight excluding hydrogens is 219 g/mol. The summed E-state index contributed by atoms with van der Waals surface area (Å²) >= 11 is 0. The standard InChI is InChI=1S/C13H15FN2O/c1-3-4-9(2)16-8-11-7-10(13(15)17)5-6-12(11)14/h1,5-7,9,16H,4,8H2,2H3,(H2,15,17). The van der Waals surface area contributed by atoms with E-state index in [2.05, 4.69) is 11.2 Å². The number of hydrogen-bond donors (Lipinski definition) is 2. The van der Waals surface area contributed by atoms with E-state index in [0.29, 0.717) is 24.1 Å². The predicted octanol–water partition coefficient (Wildman–Crippen LogP) is 1.43. The summed E-state index contributed by atoms with van der Waals surface area (Å²) in [6, 6.07) is 4.15. The van der Waals surface area contributed by atoms with Crippen molar-refractivity contribution in [2.45, 2.75) is 25.9 Å². The van der Waals surface area contributed by atoms with Gasteiger partial charge in [0, 0.05) is 30.1 Å². The fraction of sp³-hybridized carbons (Fsp3) is 0.308. The molecule has 0 saturated heterocycles. The van der Waals surface area contributed by atoms with Gasteiger partial charge in [-0.05, 0) is 25.1 Å². The van der Waals surface area contributed by atoms with Crippen molar-refractivity contribution in [2.24, 2.45) is 5.73 Å². The lowest BCUT2D eigenvalue weighted by Crippen LogP contribution is -2.25. The smallest absolute Gasteiger partial charge is 0.248 e. The Balaban J connectivity index is 2.73. The number of benzene rings is 1. The molecule has 1 amide bonds. The summed E-state index contributed by atoms with van der Waals surface area (Å²) in [5.41, 5.74) is 5.83. The third kappa shape index (κ3) is 3.89. The van der Waals surface area contributed by atoms with Gasteiger partial charge in [0.1, 0.15) is 5.82 Å². The highest BCUT2D eigenvalue weighted by atomic mass is 19.1. The zero-order valence-electron chi connectivity index (χ0n) is 9.66. The molecule has 0 radical (unpaired) electrons. The number of carbonyl (C=O) groups is 1.